The molecular weight excluding hydrogens is 384 g/mol. The van der Waals surface area contributed by atoms with Crippen molar-refractivity contribution in [2.75, 3.05) is 0 Å². The Morgan fingerprint density at radius 1 is 1.27 bits per heavy atom. The van der Waals surface area contributed by atoms with E-state index in [-0.39, 0.29) is 13.1 Å². The van der Waals surface area contributed by atoms with Crippen LogP contribution in [0.5, 0.6) is 0 Å². The molecule has 1 unspecified atom stereocenters. The summed E-state index contributed by atoms with van der Waals surface area (Å²) in [5, 5.41) is 7.12. The highest BCUT2D eigenvalue weighted by Gasteiger charge is 2.38. The van der Waals surface area contributed by atoms with E-state index in [1.807, 2.05) is 0 Å². The van der Waals surface area contributed by atoms with Gasteiger partial charge in [0.15, 0.2) is 0 Å². The molecule has 1 N–H and O–H groups in total. The Kier molecular flexibility index (Phi) is 8.04. The number of carbonyl (C=O) groups is 2. The molecule has 0 fully saturated rings. The average Bonchev–Trinajstić information content (AvgIpc) is 3.07. The second-order valence-electron chi connectivity index (χ2n) is 4.74. The Morgan fingerprint density at radius 3 is 2.35 bits per heavy atom. The van der Waals surface area contributed by atoms with Gasteiger partial charge in [0.1, 0.15) is 5.76 Å². The number of carbonyl (C=O) groups excluding carboxylic acids is 1. The lowest BCUT2D eigenvalue weighted by molar-refractivity contribution is -0.192. The lowest BCUT2D eigenvalue weighted by Crippen LogP contribution is -2.34. The topological polar surface area (TPSA) is 83.6 Å². The van der Waals surface area contributed by atoms with Gasteiger partial charge in [-0.25, -0.2) is 9.18 Å². The van der Waals surface area contributed by atoms with Gasteiger partial charge in [-0.1, -0.05) is 17.7 Å². The van der Waals surface area contributed by atoms with E-state index in [1.54, 1.807) is 36.7 Å². The molecule has 26 heavy (non-hydrogen) atoms. The summed E-state index contributed by atoms with van der Waals surface area (Å²) in [5.74, 6) is -2.98. The van der Waals surface area contributed by atoms with Crippen molar-refractivity contribution in [1.29, 1.82) is 0 Å². The van der Waals surface area contributed by atoms with E-state index in [4.69, 9.17) is 25.9 Å². The molecule has 2 aromatic heterocycles. The molecule has 0 aliphatic heterocycles. The lowest BCUT2D eigenvalue weighted by Gasteiger charge is -2.21. The van der Waals surface area contributed by atoms with Gasteiger partial charge in [0.05, 0.1) is 12.8 Å². The number of hydrogen-bond acceptors (Lipinski definition) is 4. The van der Waals surface area contributed by atoms with Gasteiger partial charge in [-0.05, 0) is 23.8 Å². The SMILES string of the molecule is O=C(C(F)Cl)N(Cc1cccnc1)Cc1ccco1.O=C(O)C(F)(F)F. The Balaban J connectivity index is 0.000000412. The number of aliphatic carboxylic acids is 1. The van der Waals surface area contributed by atoms with Gasteiger partial charge in [-0.2, -0.15) is 13.2 Å². The quantitative estimate of drug-likeness (QED) is 0.619. The Labute approximate surface area is 150 Å². The minimum atomic E-state index is -5.08. The molecule has 2 rings (SSSR count). The van der Waals surface area contributed by atoms with Gasteiger partial charge in [-0.15, -0.1) is 0 Å². The van der Waals surface area contributed by atoms with Crippen molar-refractivity contribution in [1.82, 2.24) is 9.88 Å². The van der Waals surface area contributed by atoms with Crippen molar-refractivity contribution in [3.05, 3.63) is 54.2 Å². The summed E-state index contributed by atoms with van der Waals surface area (Å²) in [4.78, 5) is 25.9. The Morgan fingerprint density at radius 2 is 1.92 bits per heavy atom. The van der Waals surface area contributed by atoms with Crippen LogP contribution in [-0.2, 0) is 22.7 Å². The van der Waals surface area contributed by atoms with Crippen LogP contribution in [0.1, 0.15) is 11.3 Å². The molecule has 0 saturated carbocycles. The summed E-state index contributed by atoms with van der Waals surface area (Å²) >= 11 is 5.23. The number of furan rings is 1. The van der Waals surface area contributed by atoms with Crippen LogP contribution in [0.25, 0.3) is 0 Å². The van der Waals surface area contributed by atoms with E-state index in [2.05, 4.69) is 4.98 Å². The number of halogens is 5. The third kappa shape index (κ3) is 7.51. The molecule has 2 aromatic rings. The Bertz CT molecular complexity index is 693. The number of rotatable bonds is 5. The van der Waals surface area contributed by atoms with Crippen molar-refractivity contribution in [2.45, 2.75) is 24.9 Å². The molecule has 2 heterocycles. The molecule has 6 nitrogen and oxygen atoms in total. The van der Waals surface area contributed by atoms with Crippen LogP contribution in [0.3, 0.4) is 0 Å². The molecule has 0 saturated heterocycles. The fourth-order valence-corrected chi connectivity index (χ4v) is 1.79. The molecule has 1 amide bonds. The third-order valence-electron chi connectivity index (χ3n) is 2.76. The number of nitrogens with zero attached hydrogens (tertiary/aromatic N) is 2. The van der Waals surface area contributed by atoms with Crippen molar-refractivity contribution in [2.24, 2.45) is 0 Å². The first-order valence-corrected chi connectivity index (χ1v) is 7.33. The van der Waals surface area contributed by atoms with Crippen molar-refractivity contribution >= 4 is 23.5 Å². The zero-order valence-electron chi connectivity index (χ0n) is 13.0. The van der Waals surface area contributed by atoms with Crippen LogP contribution in [-0.4, -0.2) is 38.7 Å². The summed E-state index contributed by atoms with van der Waals surface area (Å²) in [5.41, 5.74) is -1.27. The Hall–Kier alpha value is -2.62. The second-order valence-corrected chi connectivity index (χ2v) is 5.12. The van der Waals surface area contributed by atoms with Gasteiger partial charge >= 0.3 is 12.1 Å². The van der Waals surface area contributed by atoms with E-state index in [1.165, 1.54) is 11.2 Å². The molecular formula is C15H13ClF4N2O4. The van der Waals surface area contributed by atoms with Crippen LogP contribution in [0.15, 0.2) is 47.3 Å². The largest absolute Gasteiger partial charge is 0.490 e. The van der Waals surface area contributed by atoms with Crippen LogP contribution in [0.4, 0.5) is 17.6 Å². The summed E-state index contributed by atoms with van der Waals surface area (Å²) in [6, 6.07) is 6.97. The zero-order chi connectivity index (χ0) is 19.7. The monoisotopic (exact) mass is 396 g/mol. The lowest BCUT2D eigenvalue weighted by atomic mass is 10.2. The van der Waals surface area contributed by atoms with E-state index < -0.39 is 23.7 Å². The minimum Gasteiger partial charge on any atom is -0.475 e. The van der Waals surface area contributed by atoms with E-state index in [9.17, 15) is 22.4 Å². The van der Waals surface area contributed by atoms with Crippen LogP contribution in [0, 0.1) is 0 Å². The molecule has 142 valence electrons. The van der Waals surface area contributed by atoms with E-state index >= 15 is 0 Å². The second kappa shape index (κ2) is 9.76. The van der Waals surface area contributed by atoms with Crippen LogP contribution in [0.2, 0.25) is 0 Å². The first kappa shape index (κ1) is 21.4. The maximum Gasteiger partial charge on any atom is 0.490 e. The number of aromatic nitrogens is 1. The predicted octanol–water partition coefficient (Wildman–Crippen LogP) is 3.37. The van der Waals surface area contributed by atoms with Crippen LogP contribution < -0.4 is 0 Å². The summed E-state index contributed by atoms with van der Waals surface area (Å²) in [6.45, 7) is 0.383. The number of alkyl halides is 5. The fraction of sp³-hybridized carbons (Fsp3) is 0.267. The van der Waals surface area contributed by atoms with Crippen molar-refractivity contribution < 1.29 is 36.7 Å². The molecule has 1 atom stereocenters. The van der Waals surface area contributed by atoms with Gasteiger partial charge in [0, 0.05) is 18.9 Å². The maximum atomic E-state index is 13.0. The number of pyridine rings is 1. The fourth-order valence-electron chi connectivity index (χ4n) is 1.65. The normalized spacial score (nSPS) is 11.9. The molecule has 0 aliphatic carbocycles. The van der Waals surface area contributed by atoms with E-state index in [0.717, 1.165) is 5.56 Å². The van der Waals surface area contributed by atoms with Crippen LogP contribution >= 0.6 is 11.6 Å². The molecule has 0 aliphatic rings. The zero-order valence-corrected chi connectivity index (χ0v) is 13.7. The van der Waals surface area contributed by atoms with Gasteiger partial charge in [0.2, 0.25) is 0 Å². The van der Waals surface area contributed by atoms with Gasteiger partial charge in [-0.3, -0.25) is 9.78 Å². The molecule has 0 bridgehead atoms. The summed E-state index contributed by atoms with van der Waals surface area (Å²) in [7, 11) is 0. The predicted molar refractivity (Wildman–Crippen MR) is 81.6 cm³/mol. The van der Waals surface area contributed by atoms with E-state index in [0.29, 0.717) is 5.76 Å². The molecule has 0 spiro atoms. The number of carboxylic acid groups (broad SMARTS) is 1. The smallest absolute Gasteiger partial charge is 0.475 e. The van der Waals surface area contributed by atoms with Gasteiger partial charge < -0.3 is 14.4 Å². The van der Waals surface area contributed by atoms with Crippen molar-refractivity contribution in [3.8, 4) is 0 Å². The number of amides is 1. The standard InChI is InChI=1S/C13H12ClFN2O2.C2HF3O2/c14-12(15)13(18)17(9-11-4-2-6-19-11)8-10-3-1-5-16-7-10;3-2(4,5)1(6)7/h1-7,12H,8-9H2;(H,6,7). The van der Waals surface area contributed by atoms with Crippen molar-refractivity contribution in [3.63, 3.8) is 0 Å². The first-order chi connectivity index (χ1) is 12.1. The summed E-state index contributed by atoms with van der Waals surface area (Å²) in [6.07, 6.45) is -0.346. The molecule has 11 heteroatoms. The highest BCUT2D eigenvalue weighted by molar-refractivity contribution is 6.29. The average molecular weight is 397 g/mol. The highest BCUT2D eigenvalue weighted by Crippen LogP contribution is 2.14. The highest BCUT2D eigenvalue weighted by atomic mass is 35.5. The maximum absolute atomic E-state index is 13.0. The third-order valence-corrected chi connectivity index (χ3v) is 2.95. The molecule has 0 aromatic carbocycles. The molecule has 0 radical (unpaired) electrons. The summed E-state index contributed by atoms with van der Waals surface area (Å²) < 4.78 is 49.9. The number of carboxylic acids is 1. The minimum absolute atomic E-state index is 0.161. The first-order valence-electron chi connectivity index (χ1n) is 6.89. The number of hydrogen-bond donors (Lipinski definition) is 1. The van der Waals surface area contributed by atoms with Gasteiger partial charge in [0.25, 0.3) is 11.5 Å².